The lowest BCUT2D eigenvalue weighted by Crippen LogP contribution is -2.52. The van der Waals surface area contributed by atoms with E-state index in [-0.39, 0.29) is 0 Å². The number of aliphatic imine (C=N–C) groups is 1. The van der Waals surface area contributed by atoms with Crippen LogP contribution in [0.15, 0.2) is 53.5 Å². The number of piperazine rings is 1. The van der Waals surface area contributed by atoms with E-state index in [1.54, 1.807) is 0 Å². The molecule has 5 nitrogen and oxygen atoms in total. The van der Waals surface area contributed by atoms with Gasteiger partial charge in [-0.05, 0) is 38.1 Å². The molecule has 4 rings (SSSR count). The monoisotopic (exact) mass is 351 g/mol. The van der Waals surface area contributed by atoms with Crippen LogP contribution in [-0.2, 0) is 0 Å². The van der Waals surface area contributed by atoms with Crippen molar-refractivity contribution in [1.29, 1.82) is 0 Å². The summed E-state index contributed by atoms with van der Waals surface area (Å²) in [6.45, 7) is 7.99. The molecule has 2 aliphatic heterocycles. The van der Waals surface area contributed by atoms with Crippen LogP contribution in [0.3, 0.4) is 0 Å². The maximum Gasteiger partial charge on any atom is 0.153 e. The average Bonchev–Trinajstić information content (AvgIpc) is 2.78. The van der Waals surface area contributed by atoms with Crippen LogP contribution in [-0.4, -0.2) is 59.1 Å². The van der Waals surface area contributed by atoms with Crippen molar-refractivity contribution in [1.82, 2.24) is 9.80 Å². The highest BCUT2D eigenvalue weighted by Crippen LogP contribution is 2.37. The fourth-order valence-electron chi connectivity index (χ4n) is 3.58. The summed E-state index contributed by atoms with van der Waals surface area (Å²) in [7, 11) is 0. The molecule has 0 spiro atoms. The zero-order valence-corrected chi connectivity index (χ0v) is 15.4. The Hall–Kier alpha value is -2.37. The van der Waals surface area contributed by atoms with E-state index in [2.05, 4.69) is 15.9 Å². The summed E-state index contributed by atoms with van der Waals surface area (Å²) < 4.78 is 6.13. The third-order valence-electron chi connectivity index (χ3n) is 4.72. The van der Waals surface area contributed by atoms with E-state index >= 15 is 0 Å². The van der Waals surface area contributed by atoms with Gasteiger partial charge in [-0.2, -0.15) is 0 Å². The van der Waals surface area contributed by atoms with E-state index in [9.17, 15) is 5.11 Å². The molecular weight excluding hydrogens is 326 g/mol. The third-order valence-corrected chi connectivity index (χ3v) is 4.72. The maximum atomic E-state index is 10.1. The van der Waals surface area contributed by atoms with Crippen LogP contribution >= 0.6 is 0 Å². The van der Waals surface area contributed by atoms with Gasteiger partial charge in [0.2, 0.25) is 0 Å². The predicted octanol–water partition coefficient (Wildman–Crippen LogP) is 3.26. The lowest BCUT2D eigenvalue weighted by Gasteiger charge is -2.38. The molecule has 0 aromatic heterocycles. The molecule has 0 amide bonds. The molecule has 0 atom stereocenters. The number of fused-ring (bicyclic) bond motifs is 2. The van der Waals surface area contributed by atoms with Crippen LogP contribution in [0.2, 0.25) is 0 Å². The number of aliphatic hydroxyl groups is 1. The first-order chi connectivity index (χ1) is 12.5. The zero-order valence-electron chi connectivity index (χ0n) is 15.4. The second-order valence-electron chi connectivity index (χ2n) is 7.58. The van der Waals surface area contributed by atoms with Crippen molar-refractivity contribution in [2.45, 2.75) is 19.4 Å². The summed E-state index contributed by atoms with van der Waals surface area (Å²) >= 11 is 0. The van der Waals surface area contributed by atoms with Gasteiger partial charge in [0.05, 0.1) is 11.2 Å². The first kappa shape index (κ1) is 17.1. The van der Waals surface area contributed by atoms with Crippen molar-refractivity contribution >= 4 is 11.5 Å². The Morgan fingerprint density at radius 3 is 2.35 bits per heavy atom. The molecule has 0 radical (unpaired) electrons. The SMILES string of the molecule is CC(C)(O)CN1CCN(C2=Nc3ccccc3Oc3ccccc32)CC1. The number of para-hydroxylation sites is 3. The highest BCUT2D eigenvalue weighted by Gasteiger charge is 2.27. The zero-order chi connectivity index (χ0) is 18.1. The van der Waals surface area contributed by atoms with Gasteiger partial charge in [0.25, 0.3) is 0 Å². The summed E-state index contributed by atoms with van der Waals surface area (Å²) in [6.07, 6.45) is 0. The van der Waals surface area contributed by atoms with Crippen LogP contribution in [0.1, 0.15) is 19.4 Å². The minimum atomic E-state index is -0.665. The molecule has 5 heteroatoms. The van der Waals surface area contributed by atoms with E-state index in [1.165, 1.54) is 0 Å². The smallest absolute Gasteiger partial charge is 0.153 e. The Labute approximate surface area is 154 Å². The molecular formula is C21H25N3O2. The number of hydrogen-bond acceptors (Lipinski definition) is 5. The Bertz CT molecular complexity index is 818. The van der Waals surface area contributed by atoms with Crippen molar-refractivity contribution in [3.63, 3.8) is 0 Å². The quantitative estimate of drug-likeness (QED) is 0.902. The van der Waals surface area contributed by atoms with E-state index in [0.717, 1.165) is 54.8 Å². The molecule has 1 saturated heterocycles. The lowest BCUT2D eigenvalue weighted by atomic mass is 10.1. The minimum absolute atomic E-state index is 0.665. The summed E-state index contributed by atoms with van der Waals surface area (Å²) in [5, 5.41) is 10.1. The van der Waals surface area contributed by atoms with Crippen LogP contribution < -0.4 is 4.74 Å². The molecule has 0 saturated carbocycles. The standard InChI is InChI=1S/C21H25N3O2/c1-21(2,25)15-23-11-13-24(14-12-23)20-16-7-3-5-9-18(16)26-19-10-6-4-8-17(19)22-20/h3-10,25H,11-15H2,1-2H3. The van der Waals surface area contributed by atoms with Gasteiger partial charge in [-0.3, -0.25) is 4.90 Å². The number of rotatable bonds is 2. The number of ether oxygens (including phenoxy) is 1. The van der Waals surface area contributed by atoms with Crippen molar-refractivity contribution in [2.24, 2.45) is 4.99 Å². The van der Waals surface area contributed by atoms with Crippen molar-refractivity contribution < 1.29 is 9.84 Å². The van der Waals surface area contributed by atoms with Crippen molar-refractivity contribution in [2.75, 3.05) is 32.7 Å². The highest BCUT2D eigenvalue weighted by molar-refractivity contribution is 6.03. The lowest BCUT2D eigenvalue weighted by molar-refractivity contribution is 0.0252. The molecule has 26 heavy (non-hydrogen) atoms. The van der Waals surface area contributed by atoms with E-state index in [1.807, 2.05) is 56.3 Å². The predicted molar refractivity (Wildman–Crippen MR) is 103 cm³/mol. The first-order valence-corrected chi connectivity index (χ1v) is 9.14. The van der Waals surface area contributed by atoms with Crippen LogP contribution in [0.4, 0.5) is 5.69 Å². The number of benzene rings is 2. The highest BCUT2D eigenvalue weighted by atomic mass is 16.5. The summed E-state index contributed by atoms with van der Waals surface area (Å²) in [6, 6.07) is 16.0. The summed E-state index contributed by atoms with van der Waals surface area (Å²) in [4.78, 5) is 9.59. The number of hydrogen-bond donors (Lipinski definition) is 1. The van der Waals surface area contributed by atoms with Gasteiger partial charge in [-0.25, -0.2) is 4.99 Å². The van der Waals surface area contributed by atoms with Gasteiger partial charge >= 0.3 is 0 Å². The van der Waals surface area contributed by atoms with Gasteiger partial charge in [-0.15, -0.1) is 0 Å². The molecule has 0 bridgehead atoms. The molecule has 136 valence electrons. The van der Waals surface area contributed by atoms with Gasteiger partial charge in [0.15, 0.2) is 5.75 Å². The number of β-amino-alcohol motifs (C(OH)–C–C–N with tert-alkyl or cyclic N) is 1. The average molecular weight is 351 g/mol. The molecule has 0 aliphatic carbocycles. The Kier molecular flexibility index (Phi) is 4.42. The fraction of sp³-hybridized carbons (Fsp3) is 0.381. The molecule has 2 aromatic carbocycles. The normalized spacial score (nSPS) is 17.7. The number of amidine groups is 1. The van der Waals surface area contributed by atoms with Crippen LogP contribution in [0.5, 0.6) is 11.5 Å². The molecule has 2 heterocycles. The van der Waals surface area contributed by atoms with Crippen molar-refractivity contribution in [3.8, 4) is 11.5 Å². The second kappa shape index (κ2) is 6.74. The summed E-state index contributed by atoms with van der Waals surface area (Å²) in [5.41, 5.74) is 1.22. The van der Waals surface area contributed by atoms with Crippen LogP contribution in [0, 0.1) is 0 Å². The molecule has 2 aliphatic rings. The molecule has 2 aromatic rings. The largest absolute Gasteiger partial charge is 0.454 e. The van der Waals surface area contributed by atoms with Gasteiger partial charge < -0.3 is 14.7 Å². The Morgan fingerprint density at radius 1 is 0.962 bits per heavy atom. The third kappa shape index (κ3) is 3.59. The fourth-order valence-corrected chi connectivity index (χ4v) is 3.58. The molecule has 0 unspecified atom stereocenters. The second-order valence-corrected chi connectivity index (χ2v) is 7.58. The van der Waals surface area contributed by atoms with E-state index in [0.29, 0.717) is 6.54 Å². The van der Waals surface area contributed by atoms with Crippen LogP contribution in [0.25, 0.3) is 0 Å². The van der Waals surface area contributed by atoms with Gasteiger partial charge in [0, 0.05) is 32.7 Å². The van der Waals surface area contributed by atoms with E-state index < -0.39 is 5.60 Å². The van der Waals surface area contributed by atoms with Gasteiger partial charge in [0.1, 0.15) is 17.3 Å². The first-order valence-electron chi connectivity index (χ1n) is 9.14. The maximum absolute atomic E-state index is 10.1. The minimum Gasteiger partial charge on any atom is -0.454 e. The van der Waals surface area contributed by atoms with Crippen molar-refractivity contribution in [3.05, 3.63) is 54.1 Å². The van der Waals surface area contributed by atoms with E-state index in [4.69, 9.17) is 9.73 Å². The topological polar surface area (TPSA) is 48.3 Å². The summed E-state index contributed by atoms with van der Waals surface area (Å²) in [5.74, 6) is 2.60. The molecule has 1 N–H and O–H groups in total. The number of nitrogens with zero attached hydrogens (tertiary/aromatic N) is 3. The Morgan fingerprint density at radius 2 is 1.62 bits per heavy atom. The molecule has 1 fully saturated rings. The van der Waals surface area contributed by atoms with Gasteiger partial charge in [-0.1, -0.05) is 24.3 Å². The Balaban J connectivity index is 1.62.